The smallest absolute Gasteiger partial charge is 0.343 e. The zero-order valence-electron chi connectivity index (χ0n) is 16.9. The van der Waals surface area contributed by atoms with Crippen molar-refractivity contribution >= 4 is 16.8 Å². The molecule has 2 aliphatic rings. The van der Waals surface area contributed by atoms with Gasteiger partial charge in [0.2, 0.25) is 0 Å². The molecule has 2 aromatic carbocycles. The second-order valence-electron chi connectivity index (χ2n) is 7.82. The van der Waals surface area contributed by atoms with E-state index in [0.717, 1.165) is 41.7 Å². The highest BCUT2D eigenvalue weighted by Gasteiger charge is 2.29. The summed E-state index contributed by atoms with van der Waals surface area (Å²) in [6.45, 7) is 2.72. The summed E-state index contributed by atoms with van der Waals surface area (Å²) < 4.78 is 6.17. The van der Waals surface area contributed by atoms with Crippen molar-refractivity contribution < 1.29 is 14.4 Å². The van der Waals surface area contributed by atoms with Gasteiger partial charge in [0.1, 0.15) is 11.9 Å². The van der Waals surface area contributed by atoms with Gasteiger partial charge in [-0.3, -0.25) is 9.82 Å². The van der Waals surface area contributed by atoms with Crippen LogP contribution in [0.5, 0.6) is 5.75 Å². The molecule has 0 spiro atoms. The molecule has 2 aliphatic heterocycles. The van der Waals surface area contributed by atoms with Crippen LogP contribution in [-0.4, -0.2) is 53.3 Å². The number of likely N-dealkylation sites (tertiary alicyclic amines) is 1. The molecule has 3 heterocycles. The fourth-order valence-electron chi connectivity index (χ4n) is 4.06. The molecule has 6 nitrogen and oxygen atoms in total. The predicted octanol–water partition coefficient (Wildman–Crippen LogP) is 4.50. The number of aromatic nitrogens is 1. The van der Waals surface area contributed by atoms with Gasteiger partial charge in [-0.2, -0.15) is 0 Å². The van der Waals surface area contributed by atoms with Gasteiger partial charge in [-0.25, -0.2) is 9.86 Å². The summed E-state index contributed by atoms with van der Waals surface area (Å²) >= 11 is 0. The molecule has 0 unspecified atom stereocenters. The molecule has 2 fully saturated rings. The summed E-state index contributed by atoms with van der Waals surface area (Å²) in [4.78, 5) is 24.2. The molecule has 0 N–H and O–H groups in total. The number of hydrogen-bond acceptors (Lipinski definition) is 4. The number of ether oxygens (including phenoxy) is 1. The fraction of sp³-hybridized carbons (Fsp3) is 0.333. The van der Waals surface area contributed by atoms with E-state index in [1.54, 1.807) is 0 Å². The van der Waals surface area contributed by atoms with Gasteiger partial charge in [0.15, 0.2) is 0 Å². The average molecular weight is 403 g/mol. The molecule has 5 rings (SSSR count). The van der Waals surface area contributed by atoms with E-state index in [1.165, 1.54) is 10.4 Å². The summed E-state index contributed by atoms with van der Waals surface area (Å²) in [6.07, 6.45) is 4.60. The van der Waals surface area contributed by atoms with Crippen LogP contribution in [0.4, 0.5) is 4.79 Å². The number of rotatable bonds is 3. The first kappa shape index (κ1) is 18.9. The third kappa shape index (κ3) is 3.96. The van der Waals surface area contributed by atoms with Crippen LogP contribution in [0.3, 0.4) is 0 Å². The Morgan fingerprint density at radius 1 is 1.00 bits per heavy atom. The number of urea groups is 1. The van der Waals surface area contributed by atoms with Crippen LogP contribution in [0.1, 0.15) is 19.3 Å². The lowest BCUT2D eigenvalue weighted by Crippen LogP contribution is -2.47. The van der Waals surface area contributed by atoms with Crippen LogP contribution < -0.4 is 4.74 Å². The van der Waals surface area contributed by atoms with Crippen molar-refractivity contribution in [1.29, 1.82) is 0 Å². The molecule has 6 heteroatoms. The van der Waals surface area contributed by atoms with E-state index < -0.39 is 0 Å². The molecule has 2 amide bonds. The molecule has 2 saturated heterocycles. The van der Waals surface area contributed by atoms with Crippen LogP contribution in [0.25, 0.3) is 22.0 Å². The van der Waals surface area contributed by atoms with Crippen molar-refractivity contribution in [2.45, 2.75) is 25.4 Å². The number of carbonyl (C=O) groups is 1. The summed E-state index contributed by atoms with van der Waals surface area (Å²) in [5, 5.41) is 3.81. The number of carbonyl (C=O) groups excluding carboxylic acids is 1. The van der Waals surface area contributed by atoms with Crippen molar-refractivity contribution in [3.8, 4) is 17.0 Å². The maximum Gasteiger partial charge on any atom is 0.343 e. The van der Waals surface area contributed by atoms with Gasteiger partial charge in [0, 0.05) is 43.1 Å². The predicted molar refractivity (Wildman–Crippen MR) is 115 cm³/mol. The molecular weight excluding hydrogens is 378 g/mol. The lowest BCUT2D eigenvalue weighted by molar-refractivity contribution is -0.0797. The minimum absolute atomic E-state index is 0.0156. The first-order chi connectivity index (χ1) is 14.8. The monoisotopic (exact) mass is 403 g/mol. The van der Waals surface area contributed by atoms with Gasteiger partial charge in [-0.1, -0.05) is 24.3 Å². The minimum Gasteiger partial charge on any atom is -0.490 e. The highest BCUT2D eigenvalue weighted by Crippen LogP contribution is 2.26. The van der Waals surface area contributed by atoms with E-state index in [1.807, 2.05) is 35.4 Å². The Morgan fingerprint density at radius 2 is 1.77 bits per heavy atom. The molecule has 1 aromatic heterocycles. The van der Waals surface area contributed by atoms with E-state index in [4.69, 9.17) is 9.57 Å². The Kier molecular flexibility index (Phi) is 5.24. The Balaban J connectivity index is 1.19. The highest BCUT2D eigenvalue weighted by molar-refractivity contribution is 5.85. The lowest BCUT2D eigenvalue weighted by atomic mass is 10.1. The summed E-state index contributed by atoms with van der Waals surface area (Å²) in [5.74, 6) is 0.854. The van der Waals surface area contributed by atoms with E-state index in [2.05, 4.69) is 35.3 Å². The van der Waals surface area contributed by atoms with Crippen molar-refractivity contribution in [3.63, 3.8) is 0 Å². The van der Waals surface area contributed by atoms with Crippen molar-refractivity contribution in [2.24, 2.45) is 0 Å². The van der Waals surface area contributed by atoms with E-state index in [0.29, 0.717) is 26.2 Å². The molecule has 0 saturated carbocycles. The molecule has 0 atom stereocenters. The Hall–Kier alpha value is -3.12. The number of fused-ring (bicyclic) bond motifs is 1. The maximum absolute atomic E-state index is 12.4. The Morgan fingerprint density at radius 3 is 2.50 bits per heavy atom. The summed E-state index contributed by atoms with van der Waals surface area (Å²) in [7, 11) is 0. The molecule has 0 radical (unpaired) electrons. The Labute approximate surface area is 176 Å². The second-order valence-corrected chi connectivity index (χ2v) is 7.82. The molecule has 154 valence electrons. The van der Waals surface area contributed by atoms with Gasteiger partial charge >= 0.3 is 6.03 Å². The first-order valence-corrected chi connectivity index (χ1v) is 10.6. The highest BCUT2D eigenvalue weighted by atomic mass is 16.7. The summed E-state index contributed by atoms with van der Waals surface area (Å²) in [6, 6.07) is 18.4. The Bertz CT molecular complexity index is 1020. The average Bonchev–Trinajstić information content (AvgIpc) is 3.34. The largest absolute Gasteiger partial charge is 0.490 e. The maximum atomic E-state index is 12.4. The number of amides is 2. The van der Waals surface area contributed by atoms with Crippen LogP contribution in [0.15, 0.2) is 60.8 Å². The van der Waals surface area contributed by atoms with E-state index in [-0.39, 0.29) is 12.1 Å². The van der Waals surface area contributed by atoms with Crippen molar-refractivity contribution in [3.05, 3.63) is 60.8 Å². The number of hydrogen-bond donors (Lipinski definition) is 0. The zero-order chi connectivity index (χ0) is 20.3. The number of benzene rings is 2. The number of hydroxylamine groups is 2. The van der Waals surface area contributed by atoms with Gasteiger partial charge in [0.05, 0.1) is 18.8 Å². The quantitative estimate of drug-likeness (QED) is 0.646. The zero-order valence-corrected chi connectivity index (χ0v) is 16.9. The normalized spacial score (nSPS) is 17.5. The van der Waals surface area contributed by atoms with Crippen molar-refractivity contribution in [2.75, 3.05) is 26.2 Å². The minimum atomic E-state index is -0.0156. The lowest BCUT2D eigenvalue weighted by Gasteiger charge is -2.33. The van der Waals surface area contributed by atoms with Crippen LogP contribution in [-0.2, 0) is 4.84 Å². The number of nitrogens with zero attached hydrogens (tertiary/aromatic N) is 3. The number of piperidine rings is 1. The van der Waals surface area contributed by atoms with Gasteiger partial charge < -0.3 is 9.64 Å². The van der Waals surface area contributed by atoms with Gasteiger partial charge in [-0.15, -0.1) is 0 Å². The van der Waals surface area contributed by atoms with Gasteiger partial charge in [0.25, 0.3) is 0 Å². The molecule has 30 heavy (non-hydrogen) atoms. The molecule has 0 aliphatic carbocycles. The molecular formula is C24H25N3O3. The van der Waals surface area contributed by atoms with Crippen LogP contribution in [0.2, 0.25) is 0 Å². The topological polar surface area (TPSA) is 54.9 Å². The number of pyridine rings is 1. The van der Waals surface area contributed by atoms with E-state index in [9.17, 15) is 4.79 Å². The first-order valence-electron chi connectivity index (χ1n) is 10.6. The molecule has 3 aromatic rings. The third-order valence-electron chi connectivity index (χ3n) is 5.76. The summed E-state index contributed by atoms with van der Waals surface area (Å²) in [5.41, 5.74) is 2.02. The second kappa shape index (κ2) is 8.32. The van der Waals surface area contributed by atoms with Crippen molar-refractivity contribution in [1.82, 2.24) is 14.9 Å². The SMILES string of the molecule is O=C(N1CCC(Oc2ccc(-c3cc4ccccc4cn3)cc2)CC1)N1CCCO1. The van der Waals surface area contributed by atoms with Gasteiger partial charge in [-0.05, 0) is 42.1 Å². The van der Waals surface area contributed by atoms with Crippen LogP contribution in [0, 0.1) is 0 Å². The fourth-order valence-corrected chi connectivity index (χ4v) is 4.06. The van der Waals surface area contributed by atoms with Crippen LogP contribution >= 0.6 is 0 Å². The van der Waals surface area contributed by atoms with E-state index >= 15 is 0 Å². The molecule has 0 bridgehead atoms. The standard InChI is InChI=1S/C24H25N3O3/c28-24(27-12-3-15-29-27)26-13-10-22(11-14-26)30-21-8-6-18(7-9-21)23-16-19-4-1-2-5-20(19)17-25-23/h1-2,4-9,16-17,22H,3,10-15H2. The third-order valence-corrected chi connectivity index (χ3v) is 5.76.